The lowest BCUT2D eigenvalue weighted by molar-refractivity contribution is 0.592. The summed E-state index contributed by atoms with van der Waals surface area (Å²) in [6, 6.07) is 43.8. The van der Waals surface area contributed by atoms with E-state index in [9.17, 15) is 0 Å². The van der Waals surface area contributed by atoms with Gasteiger partial charge in [0, 0.05) is 12.4 Å². The summed E-state index contributed by atoms with van der Waals surface area (Å²) in [4.78, 5) is 4.35. The minimum atomic E-state index is -0.543. The van der Waals surface area contributed by atoms with E-state index in [2.05, 4.69) is 159 Å². The molecule has 4 aromatic carbocycles. The molecule has 0 saturated heterocycles. The molecular formula is C35H37BN2Si. The molecule has 0 amide bonds. The zero-order valence-corrected chi connectivity index (χ0v) is 24.7. The van der Waals surface area contributed by atoms with E-state index in [1.54, 1.807) is 0 Å². The lowest BCUT2D eigenvalue weighted by Crippen LogP contribution is -2.41. The molecule has 0 spiro atoms. The van der Waals surface area contributed by atoms with E-state index in [-0.39, 0.29) is 5.16 Å². The van der Waals surface area contributed by atoms with Crippen molar-refractivity contribution in [3.63, 3.8) is 0 Å². The average Bonchev–Trinajstić information content (AvgIpc) is 3.54. The quantitative estimate of drug-likeness (QED) is 0.160. The minimum absolute atomic E-state index is 0.106. The fraction of sp³-hybridized carbons (Fsp3) is 0.114. The monoisotopic (exact) mass is 524 g/mol. The minimum Gasteiger partial charge on any atom is -0.327 e. The highest BCUT2D eigenvalue weighted by Gasteiger charge is 2.35. The maximum atomic E-state index is 4.35. The Hall–Kier alpha value is -4.15. The molecule has 0 aliphatic rings. The molecule has 5 rings (SSSR count). The number of hydrogen-bond donors (Lipinski definition) is 0. The first-order chi connectivity index (χ1) is 19.1. The molecule has 2 nitrogen and oxygen atoms in total. The number of benzene rings is 4. The lowest BCUT2D eigenvalue weighted by atomic mass is 9.92. The maximum absolute atomic E-state index is 4.35. The van der Waals surface area contributed by atoms with E-state index >= 15 is 0 Å². The summed E-state index contributed by atoms with van der Waals surface area (Å²) in [6.45, 7) is 4.36. The number of allylic oxidation sites excluding steroid dienone is 2. The zero-order valence-electron chi connectivity index (χ0n) is 23.2. The van der Waals surface area contributed by atoms with Crippen LogP contribution in [-0.4, -0.2) is 26.9 Å². The molecule has 0 aliphatic carbocycles. The molecule has 39 heavy (non-hydrogen) atoms. The molecule has 194 valence electrons. The summed E-state index contributed by atoms with van der Waals surface area (Å²) in [5.41, 5.74) is 7.92. The summed E-state index contributed by atoms with van der Waals surface area (Å²) in [5.74, 6) is 2.16. The molecule has 0 atom stereocenters. The van der Waals surface area contributed by atoms with Gasteiger partial charge >= 0.3 is 0 Å². The summed E-state index contributed by atoms with van der Waals surface area (Å²) >= 11 is 0. The SMILES string of the molecule is BC=C(c1ccccc1)c1ccccc1.CC(C)=CC[SiH2]C(c1ccccc1)(c1ccccc1)n1ccnc1. The largest absolute Gasteiger partial charge is 0.327 e. The average molecular weight is 525 g/mol. The highest BCUT2D eigenvalue weighted by atomic mass is 28.2. The van der Waals surface area contributed by atoms with Crippen LogP contribution in [0.4, 0.5) is 0 Å². The van der Waals surface area contributed by atoms with Crippen LogP contribution >= 0.6 is 0 Å². The second kappa shape index (κ2) is 14.1. The number of hydrogen-bond acceptors (Lipinski definition) is 1. The van der Waals surface area contributed by atoms with E-state index < -0.39 is 9.52 Å². The predicted molar refractivity (Wildman–Crippen MR) is 173 cm³/mol. The topological polar surface area (TPSA) is 17.8 Å². The standard InChI is InChI=1S/C21H24N2Si.C14H13B/c1-18(2)13-16-24-21(23-15-14-22-17-23,19-9-5-3-6-10-19)20-11-7-4-8-12-20;15-11-14(12-7-3-1-4-8-12)13-9-5-2-6-10-13/h3-15,17H,16,24H2,1-2H3;1-11H,15H2. The van der Waals surface area contributed by atoms with Crippen LogP contribution in [0.1, 0.15) is 36.1 Å². The number of nitrogens with zero attached hydrogens (tertiary/aromatic N) is 2. The van der Waals surface area contributed by atoms with Gasteiger partial charge in [-0.3, -0.25) is 0 Å². The Bertz CT molecular complexity index is 1360. The Kier molecular flexibility index (Phi) is 10.1. The van der Waals surface area contributed by atoms with Crippen LogP contribution in [0, 0.1) is 0 Å². The van der Waals surface area contributed by atoms with Crippen molar-refractivity contribution in [2.24, 2.45) is 0 Å². The highest BCUT2D eigenvalue weighted by molar-refractivity contribution is 6.42. The molecule has 0 saturated carbocycles. The van der Waals surface area contributed by atoms with E-state index in [1.807, 2.05) is 24.7 Å². The van der Waals surface area contributed by atoms with Crippen LogP contribution in [0.5, 0.6) is 0 Å². The number of imidazole rings is 1. The normalized spacial score (nSPS) is 10.9. The van der Waals surface area contributed by atoms with Crippen molar-refractivity contribution in [1.29, 1.82) is 0 Å². The lowest BCUT2D eigenvalue weighted by Gasteiger charge is -2.36. The Morgan fingerprint density at radius 2 is 1.21 bits per heavy atom. The highest BCUT2D eigenvalue weighted by Crippen LogP contribution is 2.34. The maximum Gasteiger partial charge on any atom is 0.130 e. The van der Waals surface area contributed by atoms with Gasteiger partial charge in [0.25, 0.3) is 0 Å². The van der Waals surface area contributed by atoms with Gasteiger partial charge in [-0.2, -0.15) is 0 Å². The number of rotatable bonds is 8. The third-order valence-corrected chi connectivity index (χ3v) is 9.45. The van der Waals surface area contributed by atoms with E-state index in [4.69, 9.17) is 0 Å². The Labute approximate surface area is 237 Å². The summed E-state index contributed by atoms with van der Waals surface area (Å²) < 4.78 is 2.31. The van der Waals surface area contributed by atoms with E-state index in [0.717, 1.165) is 6.04 Å². The molecule has 0 bridgehead atoms. The molecule has 4 heteroatoms. The fourth-order valence-electron chi connectivity index (χ4n) is 5.10. The van der Waals surface area contributed by atoms with Gasteiger partial charge in [-0.25, -0.2) is 4.98 Å². The number of aromatic nitrogens is 2. The molecule has 1 aromatic heterocycles. The second-order valence-corrected chi connectivity index (χ2v) is 11.9. The molecule has 0 unspecified atom stereocenters. The van der Waals surface area contributed by atoms with Crippen LogP contribution in [0.2, 0.25) is 6.04 Å². The van der Waals surface area contributed by atoms with Gasteiger partial charge in [-0.05, 0) is 47.7 Å². The first-order valence-electron chi connectivity index (χ1n) is 13.6. The van der Waals surface area contributed by atoms with Gasteiger partial charge in [0.05, 0.1) is 21.0 Å². The molecular weight excluding hydrogens is 487 g/mol. The van der Waals surface area contributed by atoms with Crippen molar-refractivity contribution < 1.29 is 0 Å². The third-order valence-electron chi connectivity index (χ3n) is 6.96. The van der Waals surface area contributed by atoms with Crippen molar-refractivity contribution in [2.45, 2.75) is 25.1 Å². The molecule has 0 N–H and O–H groups in total. The van der Waals surface area contributed by atoms with Gasteiger partial charge in [0.1, 0.15) is 7.85 Å². The van der Waals surface area contributed by atoms with Crippen LogP contribution in [0.15, 0.2) is 158 Å². The van der Waals surface area contributed by atoms with Crippen molar-refractivity contribution in [3.05, 3.63) is 180 Å². The van der Waals surface area contributed by atoms with E-state index in [1.165, 1.54) is 33.4 Å². The van der Waals surface area contributed by atoms with Crippen molar-refractivity contribution in [2.75, 3.05) is 0 Å². The van der Waals surface area contributed by atoms with Crippen LogP contribution in [0.3, 0.4) is 0 Å². The summed E-state index contributed by atoms with van der Waals surface area (Å²) in [6.07, 6.45) is 8.34. The summed E-state index contributed by atoms with van der Waals surface area (Å²) in [5, 5.41) is -0.106. The van der Waals surface area contributed by atoms with Gasteiger partial charge in [-0.1, -0.05) is 133 Å². The van der Waals surface area contributed by atoms with Crippen molar-refractivity contribution >= 4 is 22.9 Å². The molecule has 5 aromatic rings. The van der Waals surface area contributed by atoms with Crippen molar-refractivity contribution in [3.8, 4) is 0 Å². The first kappa shape index (κ1) is 27.9. The zero-order chi connectivity index (χ0) is 27.3. The van der Waals surface area contributed by atoms with Gasteiger partial charge in [0.2, 0.25) is 0 Å². The second-order valence-electron chi connectivity index (χ2n) is 9.82. The summed E-state index contributed by atoms with van der Waals surface area (Å²) in [7, 11) is 1.54. The van der Waals surface area contributed by atoms with Gasteiger partial charge < -0.3 is 4.57 Å². The first-order valence-corrected chi connectivity index (χ1v) is 15.4. The molecule has 0 aliphatic heterocycles. The van der Waals surface area contributed by atoms with Crippen LogP contribution in [-0.2, 0) is 5.16 Å². The predicted octanol–water partition coefficient (Wildman–Crippen LogP) is 6.89. The molecule has 1 heterocycles. The molecule has 0 radical (unpaired) electrons. The smallest absolute Gasteiger partial charge is 0.130 e. The van der Waals surface area contributed by atoms with Gasteiger partial charge in [-0.15, -0.1) is 5.98 Å². The van der Waals surface area contributed by atoms with Gasteiger partial charge in [0.15, 0.2) is 0 Å². The van der Waals surface area contributed by atoms with Crippen LogP contribution < -0.4 is 0 Å². The van der Waals surface area contributed by atoms with E-state index in [0.29, 0.717) is 0 Å². The Morgan fingerprint density at radius 1 is 0.744 bits per heavy atom. The molecule has 0 fully saturated rings. The fourth-order valence-corrected chi connectivity index (χ4v) is 7.73. The Balaban J connectivity index is 0.000000202. The Morgan fingerprint density at radius 3 is 1.59 bits per heavy atom. The van der Waals surface area contributed by atoms with Crippen molar-refractivity contribution in [1.82, 2.24) is 9.55 Å². The van der Waals surface area contributed by atoms with Crippen LogP contribution in [0.25, 0.3) is 5.57 Å². The third kappa shape index (κ3) is 7.04.